The second kappa shape index (κ2) is 13.2. The van der Waals surface area contributed by atoms with Crippen molar-refractivity contribution in [2.24, 2.45) is 5.92 Å². The SMILES string of the molecule is CNC(=O)[C@H](Cc1ccccc1)NC(=O)N(CCCC(C)C)CCSC(C)=O. The zero-order chi connectivity index (χ0) is 20.9. The quantitative estimate of drug-likeness (QED) is 0.591. The van der Waals surface area contributed by atoms with Crippen LogP contribution in [0, 0.1) is 5.92 Å². The van der Waals surface area contributed by atoms with Crippen molar-refractivity contribution in [1.82, 2.24) is 15.5 Å². The second-order valence-corrected chi connectivity index (χ2v) is 8.44. The zero-order valence-electron chi connectivity index (χ0n) is 17.4. The molecule has 1 aromatic rings. The molecule has 3 amide bonds. The summed E-state index contributed by atoms with van der Waals surface area (Å²) in [5.41, 5.74) is 0.981. The van der Waals surface area contributed by atoms with Crippen molar-refractivity contribution < 1.29 is 14.4 Å². The van der Waals surface area contributed by atoms with Crippen molar-refractivity contribution in [3.63, 3.8) is 0 Å². The first-order valence-electron chi connectivity index (χ1n) is 9.77. The molecule has 0 radical (unpaired) electrons. The van der Waals surface area contributed by atoms with E-state index in [1.54, 1.807) is 11.9 Å². The van der Waals surface area contributed by atoms with Gasteiger partial charge in [-0.05, 0) is 24.3 Å². The van der Waals surface area contributed by atoms with Gasteiger partial charge in [0, 0.05) is 39.2 Å². The van der Waals surface area contributed by atoms with Crippen LogP contribution >= 0.6 is 11.8 Å². The highest BCUT2D eigenvalue weighted by atomic mass is 32.2. The Morgan fingerprint density at radius 3 is 2.36 bits per heavy atom. The van der Waals surface area contributed by atoms with E-state index >= 15 is 0 Å². The number of benzene rings is 1. The van der Waals surface area contributed by atoms with Gasteiger partial charge < -0.3 is 15.5 Å². The van der Waals surface area contributed by atoms with Crippen LogP contribution in [0.3, 0.4) is 0 Å². The van der Waals surface area contributed by atoms with E-state index < -0.39 is 6.04 Å². The van der Waals surface area contributed by atoms with Crippen molar-refractivity contribution in [3.05, 3.63) is 35.9 Å². The Kier molecular flexibility index (Phi) is 11.3. The van der Waals surface area contributed by atoms with Crippen LogP contribution in [-0.4, -0.2) is 53.9 Å². The third-order valence-corrected chi connectivity index (χ3v) is 5.10. The van der Waals surface area contributed by atoms with Gasteiger partial charge in [0.15, 0.2) is 5.12 Å². The highest BCUT2D eigenvalue weighted by Crippen LogP contribution is 2.09. The molecule has 0 aromatic heterocycles. The summed E-state index contributed by atoms with van der Waals surface area (Å²) in [7, 11) is 1.57. The highest BCUT2D eigenvalue weighted by molar-refractivity contribution is 8.13. The highest BCUT2D eigenvalue weighted by Gasteiger charge is 2.23. The fourth-order valence-electron chi connectivity index (χ4n) is 2.78. The van der Waals surface area contributed by atoms with Gasteiger partial charge in [0.05, 0.1) is 0 Å². The molecule has 6 nitrogen and oxygen atoms in total. The Hall–Kier alpha value is -2.02. The maximum atomic E-state index is 12.9. The van der Waals surface area contributed by atoms with Crippen LogP contribution in [-0.2, 0) is 16.0 Å². The molecule has 1 atom stereocenters. The van der Waals surface area contributed by atoms with E-state index in [0.29, 0.717) is 31.2 Å². The Balaban J connectivity index is 2.77. The van der Waals surface area contributed by atoms with Gasteiger partial charge in [-0.15, -0.1) is 0 Å². The first-order valence-corrected chi connectivity index (χ1v) is 10.8. The topological polar surface area (TPSA) is 78.5 Å². The standard InChI is InChI=1S/C21H33N3O3S/c1-16(2)9-8-12-24(13-14-28-17(3)25)21(27)23-19(20(26)22-4)15-18-10-6-5-7-11-18/h5-7,10-11,16,19H,8-9,12-15H2,1-4H3,(H,22,26)(H,23,27)/t19-/m0/s1. The van der Waals surface area contributed by atoms with Gasteiger partial charge in [-0.2, -0.15) is 0 Å². The summed E-state index contributed by atoms with van der Waals surface area (Å²) in [5.74, 6) is 0.888. The van der Waals surface area contributed by atoms with Crippen LogP contribution in [0.2, 0.25) is 0 Å². The summed E-state index contributed by atoms with van der Waals surface area (Å²) in [6, 6.07) is 8.70. The summed E-state index contributed by atoms with van der Waals surface area (Å²) in [5, 5.41) is 5.54. The molecule has 0 unspecified atom stereocenters. The summed E-state index contributed by atoms with van der Waals surface area (Å²) in [4.78, 5) is 38.1. The molecule has 1 rings (SSSR count). The number of hydrogen-bond acceptors (Lipinski definition) is 4. The number of amides is 3. The first kappa shape index (κ1) is 24.0. The van der Waals surface area contributed by atoms with Gasteiger partial charge in [-0.1, -0.05) is 55.9 Å². The lowest BCUT2D eigenvalue weighted by molar-refractivity contribution is -0.122. The third-order valence-electron chi connectivity index (χ3n) is 4.31. The number of likely N-dealkylation sites (N-methyl/N-ethyl adjacent to an activating group) is 1. The maximum Gasteiger partial charge on any atom is 0.318 e. The van der Waals surface area contributed by atoms with Crippen LogP contribution < -0.4 is 10.6 Å². The van der Waals surface area contributed by atoms with Gasteiger partial charge in [0.2, 0.25) is 5.91 Å². The summed E-state index contributed by atoms with van der Waals surface area (Å²) >= 11 is 1.21. The van der Waals surface area contributed by atoms with Crippen LogP contribution in [0.4, 0.5) is 4.79 Å². The van der Waals surface area contributed by atoms with Gasteiger partial charge in [0.1, 0.15) is 6.04 Å². The van der Waals surface area contributed by atoms with E-state index in [0.717, 1.165) is 18.4 Å². The molecule has 0 aliphatic rings. The Bertz CT molecular complexity index is 623. The molecule has 0 spiro atoms. The number of urea groups is 1. The van der Waals surface area contributed by atoms with Crippen molar-refractivity contribution in [3.8, 4) is 0 Å². The molecular formula is C21H33N3O3S. The molecule has 156 valence electrons. The minimum atomic E-state index is -0.645. The molecule has 2 N–H and O–H groups in total. The third kappa shape index (κ3) is 9.78. The van der Waals surface area contributed by atoms with E-state index in [1.165, 1.54) is 18.7 Å². The van der Waals surface area contributed by atoms with Crippen molar-refractivity contribution in [2.75, 3.05) is 25.9 Å². The average Bonchev–Trinajstić information content (AvgIpc) is 2.65. The Morgan fingerprint density at radius 1 is 1.11 bits per heavy atom. The molecule has 0 saturated heterocycles. The molecular weight excluding hydrogens is 374 g/mol. The monoisotopic (exact) mass is 407 g/mol. The minimum absolute atomic E-state index is 0.0369. The number of thioether (sulfide) groups is 1. The van der Waals surface area contributed by atoms with Gasteiger partial charge in [-0.3, -0.25) is 9.59 Å². The molecule has 1 aromatic carbocycles. The van der Waals surface area contributed by atoms with E-state index in [4.69, 9.17) is 0 Å². The largest absolute Gasteiger partial charge is 0.357 e. The van der Waals surface area contributed by atoms with Crippen LogP contribution in [0.25, 0.3) is 0 Å². The molecule has 0 heterocycles. The lowest BCUT2D eigenvalue weighted by Gasteiger charge is -2.26. The zero-order valence-corrected chi connectivity index (χ0v) is 18.2. The lowest BCUT2D eigenvalue weighted by atomic mass is 10.1. The average molecular weight is 408 g/mol. The normalized spacial score (nSPS) is 11.8. The maximum absolute atomic E-state index is 12.9. The first-order chi connectivity index (χ1) is 13.3. The van der Waals surface area contributed by atoms with Gasteiger partial charge in [0.25, 0.3) is 0 Å². The number of carbonyl (C=O) groups excluding carboxylic acids is 3. The van der Waals surface area contributed by atoms with E-state index in [2.05, 4.69) is 24.5 Å². The molecule has 0 fully saturated rings. The lowest BCUT2D eigenvalue weighted by Crippen LogP contribution is -2.52. The Morgan fingerprint density at radius 2 is 1.79 bits per heavy atom. The molecule has 0 aliphatic heterocycles. The van der Waals surface area contributed by atoms with Gasteiger partial charge >= 0.3 is 6.03 Å². The van der Waals surface area contributed by atoms with E-state index in [1.807, 2.05) is 30.3 Å². The molecule has 0 saturated carbocycles. The molecule has 28 heavy (non-hydrogen) atoms. The number of hydrogen-bond donors (Lipinski definition) is 2. The smallest absolute Gasteiger partial charge is 0.318 e. The Labute approximate surface area is 172 Å². The number of carbonyl (C=O) groups is 3. The van der Waals surface area contributed by atoms with E-state index in [9.17, 15) is 14.4 Å². The predicted molar refractivity (Wildman–Crippen MR) is 115 cm³/mol. The second-order valence-electron chi connectivity index (χ2n) is 7.17. The minimum Gasteiger partial charge on any atom is -0.357 e. The molecule has 7 heteroatoms. The fourth-order valence-corrected chi connectivity index (χ4v) is 3.38. The molecule has 0 aliphatic carbocycles. The van der Waals surface area contributed by atoms with E-state index in [-0.39, 0.29) is 17.1 Å². The predicted octanol–water partition coefficient (Wildman–Crippen LogP) is 3.07. The number of nitrogens with zero attached hydrogens (tertiary/aromatic N) is 1. The summed E-state index contributed by atoms with van der Waals surface area (Å²) < 4.78 is 0. The summed E-state index contributed by atoms with van der Waals surface area (Å²) in [6.07, 6.45) is 2.33. The number of rotatable bonds is 11. The van der Waals surface area contributed by atoms with Crippen molar-refractivity contribution in [2.45, 2.75) is 46.1 Å². The fraction of sp³-hybridized carbons (Fsp3) is 0.571. The van der Waals surface area contributed by atoms with Crippen molar-refractivity contribution in [1.29, 1.82) is 0 Å². The van der Waals surface area contributed by atoms with Crippen LogP contribution in [0.1, 0.15) is 39.2 Å². The summed E-state index contributed by atoms with van der Waals surface area (Å²) in [6.45, 7) is 6.90. The molecule has 0 bridgehead atoms. The van der Waals surface area contributed by atoms with Gasteiger partial charge in [-0.25, -0.2) is 4.79 Å². The van der Waals surface area contributed by atoms with Crippen LogP contribution in [0.15, 0.2) is 30.3 Å². The van der Waals surface area contributed by atoms with Crippen molar-refractivity contribution >= 4 is 28.8 Å². The number of nitrogens with one attached hydrogen (secondary N) is 2. The van der Waals surface area contributed by atoms with Crippen LogP contribution in [0.5, 0.6) is 0 Å².